The summed E-state index contributed by atoms with van der Waals surface area (Å²) in [7, 11) is 1.87. The van der Waals surface area contributed by atoms with E-state index < -0.39 is 5.82 Å². The summed E-state index contributed by atoms with van der Waals surface area (Å²) in [6.07, 6.45) is 4.45. The number of aryl methyl sites for hydroxylation is 1. The van der Waals surface area contributed by atoms with Crippen LogP contribution in [0.15, 0.2) is 30.6 Å². The first-order chi connectivity index (χ1) is 12.4. The third-order valence-corrected chi connectivity index (χ3v) is 4.16. The number of aromatic nitrogens is 2. The van der Waals surface area contributed by atoms with E-state index in [1.54, 1.807) is 11.1 Å². The Balaban J connectivity index is 1.88. The second-order valence-corrected chi connectivity index (χ2v) is 6.35. The van der Waals surface area contributed by atoms with Gasteiger partial charge in [-0.05, 0) is 24.6 Å². The summed E-state index contributed by atoms with van der Waals surface area (Å²) >= 11 is 5.69. The summed E-state index contributed by atoms with van der Waals surface area (Å²) < 4.78 is 15.0. The van der Waals surface area contributed by atoms with E-state index in [0.717, 1.165) is 12.2 Å². The number of imidazole rings is 1. The van der Waals surface area contributed by atoms with Crippen molar-refractivity contribution in [3.8, 4) is 0 Å². The van der Waals surface area contributed by atoms with Gasteiger partial charge in [0.2, 0.25) is 11.8 Å². The van der Waals surface area contributed by atoms with E-state index >= 15 is 0 Å². The van der Waals surface area contributed by atoms with Crippen molar-refractivity contribution in [3.63, 3.8) is 0 Å². The fourth-order valence-corrected chi connectivity index (χ4v) is 2.64. The zero-order chi connectivity index (χ0) is 19.1. The number of hydrogen-bond donors (Lipinski definition) is 1. The minimum atomic E-state index is -0.552. The van der Waals surface area contributed by atoms with Gasteiger partial charge >= 0.3 is 0 Å². The van der Waals surface area contributed by atoms with E-state index in [9.17, 15) is 14.0 Å². The lowest BCUT2D eigenvalue weighted by Gasteiger charge is -2.21. The first-order valence-electron chi connectivity index (χ1n) is 8.39. The molecular formula is C18H22ClFN4O2. The van der Waals surface area contributed by atoms with Gasteiger partial charge in [-0.3, -0.25) is 9.59 Å². The molecular weight excluding hydrogens is 359 g/mol. The van der Waals surface area contributed by atoms with E-state index in [1.165, 1.54) is 18.2 Å². The molecule has 1 heterocycles. The van der Waals surface area contributed by atoms with Crippen LogP contribution in [0.4, 0.5) is 10.1 Å². The molecule has 0 saturated carbocycles. The average molecular weight is 381 g/mol. The molecule has 0 spiro atoms. The summed E-state index contributed by atoms with van der Waals surface area (Å²) in [5.74, 6) is -0.196. The van der Waals surface area contributed by atoms with Crippen LogP contribution in [0.25, 0.3) is 0 Å². The summed E-state index contributed by atoms with van der Waals surface area (Å²) in [5.41, 5.74) is 0.396. The number of carbonyl (C=O) groups is 2. The van der Waals surface area contributed by atoms with Gasteiger partial charge in [-0.1, -0.05) is 18.5 Å². The molecule has 1 aromatic heterocycles. The number of carbonyl (C=O) groups excluding carboxylic acids is 2. The third-order valence-electron chi connectivity index (χ3n) is 3.87. The number of rotatable bonds is 8. The Bertz CT molecular complexity index is 778. The molecule has 0 saturated heterocycles. The average Bonchev–Trinajstić information content (AvgIpc) is 3.00. The minimum Gasteiger partial charge on any atom is -0.337 e. The van der Waals surface area contributed by atoms with Gasteiger partial charge in [-0.2, -0.15) is 0 Å². The van der Waals surface area contributed by atoms with Gasteiger partial charge in [0.25, 0.3) is 0 Å². The number of nitrogens with one attached hydrogen (secondary N) is 1. The fraction of sp³-hybridized carbons (Fsp3) is 0.389. The number of amides is 2. The van der Waals surface area contributed by atoms with Crippen molar-refractivity contribution >= 4 is 29.1 Å². The van der Waals surface area contributed by atoms with Crippen LogP contribution >= 0.6 is 11.6 Å². The molecule has 0 aliphatic rings. The molecule has 6 nitrogen and oxygen atoms in total. The van der Waals surface area contributed by atoms with Gasteiger partial charge in [0.1, 0.15) is 11.6 Å². The van der Waals surface area contributed by atoms with Crippen molar-refractivity contribution in [2.45, 2.75) is 32.7 Å². The predicted molar refractivity (Wildman–Crippen MR) is 98.2 cm³/mol. The molecule has 0 aliphatic carbocycles. The highest BCUT2D eigenvalue weighted by Gasteiger charge is 2.17. The quantitative estimate of drug-likeness (QED) is 0.763. The Hall–Kier alpha value is -2.41. The molecule has 0 bridgehead atoms. The molecule has 26 heavy (non-hydrogen) atoms. The molecule has 2 rings (SSSR count). The number of halogens is 2. The minimum absolute atomic E-state index is 0.0363. The zero-order valence-corrected chi connectivity index (χ0v) is 15.6. The highest BCUT2D eigenvalue weighted by Crippen LogP contribution is 2.19. The van der Waals surface area contributed by atoms with Crippen LogP contribution in [0, 0.1) is 5.82 Å². The standard InChI is InChI=1S/C18H22ClFN4O2/c1-3-9-24(12-16-21-8-10-23(16)2)18(26)7-6-17(25)22-13-4-5-15(20)14(19)11-13/h4-5,8,10-11H,3,6-7,9,12H2,1-2H3,(H,22,25). The third kappa shape index (κ3) is 5.56. The first kappa shape index (κ1) is 19.9. The van der Waals surface area contributed by atoms with E-state index in [0.29, 0.717) is 18.8 Å². The molecule has 0 atom stereocenters. The second-order valence-electron chi connectivity index (χ2n) is 5.95. The van der Waals surface area contributed by atoms with Crippen LogP contribution in [0.1, 0.15) is 32.0 Å². The van der Waals surface area contributed by atoms with Crippen molar-refractivity contribution in [1.29, 1.82) is 0 Å². The molecule has 1 N–H and O–H groups in total. The van der Waals surface area contributed by atoms with E-state index in [-0.39, 0.29) is 29.7 Å². The maximum atomic E-state index is 13.1. The summed E-state index contributed by atoms with van der Waals surface area (Å²) in [4.78, 5) is 30.4. The highest BCUT2D eigenvalue weighted by atomic mass is 35.5. The number of nitrogens with zero attached hydrogens (tertiary/aromatic N) is 3. The van der Waals surface area contributed by atoms with Gasteiger partial charge in [0.15, 0.2) is 0 Å². The monoisotopic (exact) mass is 380 g/mol. The molecule has 0 fully saturated rings. The van der Waals surface area contributed by atoms with Gasteiger partial charge in [0.05, 0.1) is 11.6 Å². The highest BCUT2D eigenvalue weighted by molar-refractivity contribution is 6.31. The van der Waals surface area contributed by atoms with Crippen molar-refractivity contribution in [2.24, 2.45) is 7.05 Å². The van der Waals surface area contributed by atoms with Crippen LogP contribution in [0.3, 0.4) is 0 Å². The van der Waals surface area contributed by atoms with Crippen LogP contribution in [0.5, 0.6) is 0 Å². The van der Waals surface area contributed by atoms with Crippen LogP contribution < -0.4 is 5.32 Å². The summed E-state index contributed by atoms with van der Waals surface area (Å²) in [5, 5.41) is 2.55. The number of anilines is 1. The molecule has 2 amide bonds. The van der Waals surface area contributed by atoms with Crippen molar-refractivity contribution < 1.29 is 14.0 Å². The topological polar surface area (TPSA) is 67.2 Å². The molecule has 8 heteroatoms. The Labute approximate surface area is 157 Å². The smallest absolute Gasteiger partial charge is 0.224 e. The maximum Gasteiger partial charge on any atom is 0.224 e. The van der Waals surface area contributed by atoms with Crippen LogP contribution in [0.2, 0.25) is 5.02 Å². The van der Waals surface area contributed by atoms with Crippen LogP contribution in [-0.2, 0) is 23.2 Å². The Morgan fingerprint density at radius 1 is 1.35 bits per heavy atom. The fourth-order valence-electron chi connectivity index (χ4n) is 2.46. The first-order valence-corrected chi connectivity index (χ1v) is 8.77. The van der Waals surface area contributed by atoms with Gasteiger partial charge in [-0.15, -0.1) is 0 Å². The summed E-state index contributed by atoms with van der Waals surface area (Å²) in [6.45, 7) is 3.00. The van der Waals surface area contributed by atoms with Gasteiger partial charge in [0, 0.05) is 44.5 Å². The molecule has 0 unspecified atom stereocenters. The van der Waals surface area contributed by atoms with E-state index in [4.69, 9.17) is 11.6 Å². The van der Waals surface area contributed by atoms with E-state index in [1.807, 2.05) is 24.7 Å². The number of hydrogen-bond acceptors (Lipinski definition) is 3. The van der Waals surface area contributed by atoms with Crippen molar-refractivity contribution in [2.75, 3.05) is 11.9 Å². The largest absolute Gasteiger partial charge is 0.337 e. The Morgan fingerprint density at radius 3 is 2.73 bits per heavy atom. The SMILES string of the molecule is CCCN(Cc1nccn1C)C(=O)CCC(=O)Nc1ccc(F)c(Cl)c1. The van der Waals surface area contributed by atoms with Crippen LogP contribution in [-0.4, -0.2) is 32.8 Å². The van der Waals surface area contributed by atoms with Crippen molar-refractivity contribution in [1.82, 2.24) is 14.5 Å². The molecule has 2 aromatic rings. The second kappa shape index (κ2) is 9.33. The predicted octanol–water partition coefficient (Wildman–Crippen LogP) is 3.37. The summed E-state index contributed by atoms with van der Waals surface area (Å²) in [6, 6.07) is 3.94. The lowest BCUT2D eigenvalue weighted by Crippen LogP contribution is -2.32. The normalized spacial score (nSPS) is 10.6. The lowest BCUT2D eigenvalue weighted by atomic mass is 10.2. The molecule has 0 radical (unpaired) electrons. The van der Waals surface area contributed by atoms with Gasteiger partial charge < -0.3 is 14.8 Å². The lowest BCUT2D eigenvalue weighted by molar-refractivity contribution is -0.133. The molecule has 0 aliphatic heterocycles. The van der Waals surface area contributed by atoms with E-state index in [2.05, 4.69) is 10.3 Å². The molecule has 1 aromatic carbocycles. The maximum absolute atomic E-state index is 13.1. The Morgan fingerprint density at radius 2 is 2.12 bits per heavy atom. The Kier molecular flexibility index (Phi) is 7.15. The zero-order valence-electron chi connectivity index (χ0n) is 14.8. The van der Waals surface area contributed by atoms with Gasteiger partial charge in [-0.25, -0.2) is 9.37 Å². The number of benzene rings is 1. The van der Waals surface area contributed by atoms with Crippen molar-refractivity contribution in [3.05, 3.63) is 47.3 Å². The molecule has 140 valence electrons.